The first kappa shape index (κ1) is 12.6. The summed E-state index contributed by atoms with van der Waals surface area (Å²) in [6, 6.07) is 0. The summed E-state index contributed by atoms with van der Waals surface area (Å²) in [6.45, 7) is 6.61. The fraction of sp³-hybridized carbons (Fsp3) is 0.455. The lowest BCUT2D eigenvalue weighted by atomic mass is 10.2. The molecule has 0 amide bonds. The van der Waals surface area contributed by atoms with Crippen molar-refractivity contribution in [2.45, 2.75) is 33.2 Å². The van der Waals surface area contributed by atoms with Crippen LogP contribution in [-0.2, 0) is 6.54 Å². The zero-order valence-electron chi connectivity index (χ0n) is 10.9. The van der Waals surface area contributed by atoms with E-state index in [4.69, 9.17) is 5.73 Å². The lowest BCUT2D eigenvalue weighted by molar-refractivity contribution is 0.727. The fourth-order valence-electron chi connectivity index (χ4n) is 1.82. The Hall–Kier alpha value is -1.38. The highest BCUT2D eigenvalue weighted by Gasteiger charge is 2.18. The van der Waals surface area contributed by atoms with Crippen molar-refractivity contribution >= 4 is 27.6 Å². The Balaban J connectivity index is 2.12. The molecule has 0 saturated heterocycles. The summed E-state index contributed by atoms with van der Waals surface area (Å²) < 4.78 is 1.83. The van der Waals surface area contributed by atoms with Crippen LogP contribution in [0.3, 0.4) is 0 Å². The summed E-state index contributed by atoms with van der Waals surface area (Å²) in [5.41, 5.74) is 6.61. The van der Waals surface area contributed by atoms with Crippen LogP contribution in [0.15, 0.2) is 0 Å². The van der Waals surface area contributed by atoms with Crippen molar-refractivity contribution in [3.05, 3.63) is 16.5 Å². The normalized spacial score (nSPS) is 11.8. The first-order valence-corrected chi connectivity index (χ1v) is 7.62. The van der Waals surface area contributed by atoms with Gasteiger partial charge in [-0.05, 0) is 6.92 Å². The average Bonchev–Trinajstić information content (AvgIpc) is 3.00. The predicted octanol–water partition coefficient (Wildman–Crippen LogP) is 2.20. The van der Waals surface area contributed by atoms with Crippen molar-refractivity contribution in [3.8, 4) is 9.88 Å². The maximum atomic E-state index is 5.63. The average molecular weight is 294 g/mol. The van der Waals surface area contributed by atoms with Gasteiger partial charge in [0.1, 0.15) is 5.01 Å². The molecule has 3 aromatic rings. The van der Waals surface area contributed by atoms with E-state index >= 15 is 0 Å². The third-order valence-electron chi connectivity index (χ3n) is 2.74. The number of aromatic nitrogens is 5. The van der Waals surface area contributed by atoms with E-state index in [1.54, 1.807) is 11.3 Å². The number of nitrogens with two attached hydrogens (primary N) is 1. The molecule has 0 radical (unpaired) electrons. The molecule has 3 heterocycles. The minimum absolute atomic E-state index is 0.298. The highest BCUT2D eigenvalue weighted by atomic mass is 32.1. The second kappa shape index (κ2) is 4.62. The molecule has 0 fully saturated rings. The van der Waals surface area contributed by atoms with E-state index in [9.17, 15) is 0 Å². The molecule has 3 rings (SSSR count). The van der Waals surface area contributed by atoms with E-state index in [2.05, 4.69) is 34.1 Å². The topological polar surface area (TPSA) is 82.0 Å². The van der Waals surface area contributed by atoms with Gasteiger partial charge in [0.15, 0.2) is 10.8 Å². The fourth-order valence-corrected chi connectivity index (χ4v) is 3.73. The van der Waals surface area contributed by atoms with Gasteiger partial charge in [0, 0.05) is 12.5 Å². The number of rotatable bonds is 3. The van der Waals surface area contributed by atoms with Crippen LogP contribution >= 0.6 is 22.7 Å². The Morgan fingerprint density at radius 1 is 1.26 bits per heavy atom. The van der Waals surface area contributed by atoms with Gasteiger partial charge in [0.2, 0.25) is 4.96 Å². The van der Waals surface area contributed by atoms with Gasteiger partial charge in [0.25, 0.3) is 0 Å². The summed E-state index contributed by atoms with van der Waals surface area (Å²) in [5.74, 6) is 1.19. The molecule has 8 heteroatoms. The van der Waals surface area contributed by atoms with Gasteiger partial charge >= 0.3 is 0 Å². The number of aryl methyl sites for hydroxylation is 1. The minimum atomic E-state index is 0.298. The van der Waals surface area contributed by atoms with E-state index in [-0.39, 0.29) is 0 Å². The number of hydrogen-bond donors (Lipinski definition) is 1. The molecule has 0 aromatic carbocycles. The Morgan fingerprint density at radius 2 is 2.05 bits per heavy atom. The van der Waals surface area contributed by atoms with Gasteiger partial charge in [-0.15, -0.1) is 21.5 Å². The lowest BCUT2D eigenvalue weighted by Crippen LogP contribution is -1.97. The zero-order valence-corrected chi connectivity index (χ0v) is 12.5. The summed E-state index contributed by atoms with van der Waals surface area (Å²) in [5, 5.41) is 14.8. The zero-order chi connectivity index (χ0) is 13.6. The summed E-state index contributed by atoms with van der Waals surface area (Å²) in [7, 11) is 0. The molecule has 0 atom stereocenters. The van der Waals surface area contributed by atoms with E-state index in [0.29, 0.717) is 12.5 Å². The molecular formula is C11H14N6S2. The van der Waals surface area contributed by atoms with Crippen LogP contribution in [0.25, 0.3) is 14.8 Å². The van der Waals surface area contributed by atoms with Crippen molar-refractivity contribution in [2.24, 2.45) is 5.73 Å². The molecule has 0 bridgehead atoms. The molecule has 3 aromatic heterocycles. The first-order valence-electron chi connectivity index (χ1n) is 5.99. The van der Waals surface area contributed by atoms with Gasteiger partial charge in [-0.3, -0.25) is 0 Å². The van der Waals surface area contributed by atoms with Crippen LogP contribution in [0.5, 0.6) is 0 Å². The molecule has 100 valence electrons. The van der Waals surface area contributed by atoms with Crippen molar-refractivity contribution in [1.29, 1.82) is 0 Å². The first-order chi connectivity index (χ1) is 9.10. The highest BCUT2D eigenvalue weighted by molar-refractivity contribution is 7.24. The quantitative estimate of drug-likeness (QED) is 0.800. The van der Waals surface area contributed by atoms with Crippen LogP contribution in [0, 0.1) is 6.92 Å². The van der Waals surface area contributed by atoms with Crippen molar-refractivity contribution in [2.75, 3.05) is 0 Å². The van der Waals surface area contributed by atoms with E-state index in [1.807, 2.05) is 11.4 Å². The monoisotopic (exact) mass is 294 g/mol. The van der Waals surface area contributed by atoms with Crippen LogP contribution in [0.1, 0.15) is 36.3 Å². The number of fused-ring (bicyclic) bond motifs is 1. The van der Waals surface area contributed by atoms with Crippen LogP contribution in [0.2, 0.25) is 0 Å². The van der Waals surface area contributed by atoms with Crippen LogP contribution < -0.4 is 5.73 Å². The number of thiazole rings is 1. The van der Waals surface area contributed by atoms with Gasteiger partial charge in [0.05, 0.1) is 10.6 Å². The van der Waals surface area contributed by atoms with Gasteiger partial charge in [-0.2, -0.15) is 9.61 Å². The Bertz CT molecular complexity index is 723. The molecule has 0 spiro atoms. The Kier molecular flexibility index (Phi) is 3.08. The minimum Gasteiger partial charge on any atom is -0.325 e. The highest BCUT2D eigenvalue weighted by Crippen LogP contribution is 2.33. The van der Waals surface area contributed by atoms with Gasteiger partial charge < -0.3 is 5.73 Å². The molecule has 0 unspecified atom stereocenters. The summed E-state index contributed by atoms with van der Waals surface area (Å²) in [6.07, 6.45) is 0. The summed E-state index contributed by atoms with van der Waals surface area (Å²) in [4.78, 5) is 6.33. The maximum absolute atomic E-state index is 5.63. The van der Waals surface area contributed by atoms with Crippen molar-refractivity contribution in [3.63, 3.8) is 0 Å². The Labute approximate surface area is 118 Å². The van der Waals surface area contributed by atoms with Crippen LogP contribution in [0.4, 0.5) is 0 Å². The van der Waals surface area contributed by atoms with Crippen molar-refractivity contribution in [1.82, 2.24) is 24.8 Å². The van der Waals surface area contributed by atoms with E-state index in [0.717, 1.165) is 31.4 Å². The number of hydrogen-bond acceptors (Lipinski definition) is 7. The van der Waals surface area contributed by atoms with Crippen molar-refractivity contribution < 1.29 is 0 Å². The SMILES string of the molecule is Cc1nc(CN)sc1-c1nn2c(C(C)C)nnc2s1. The second-order valence-corrected chi connectivity index (χ2v) is 6.58. The molecule has 2 N–H and O–H groups in total. The Morgan fingerprint density at radius 3 is 2.68 bits per heavy atom. The van der Waals surface area contributed by atoms with Gasteiger partial charge in [-0.1, -0.05) is 25.2 Å². The maximum Gasteiger partial charge on any atom is 0.235 e. The van der Waals surface area contributed by atoms with E-state index < -0.39 is 0 Å². The molecular weight excluding hydrogens is 280 g/mol. The molecule has 0 aliphatic carbocycles. The largest absolute Gasteiger partial charge is 0.325 e. The van der Waals surface area contributed by atoms with Crippen LogP contribution in [-0.4, -0.2) is 24.8 Å². The molecule has 6 nitrogen and oxygen atoms in total. The smallest absolute Gasteiger partial charge is 0.235 e. The molecule has 19 heavy (non-hydrogen) atoms. The third-order valence-corrected chi connectivity index (χ3v) is 4.97. The molecule has 0 aliphatic heterocycles. The second-order valence-electron chi connectivity index (χ2n) is 4.54. The predicted molar refractivity (Wildman–Crippen MR) is 76.5 cm³/mol. The number of nitrogens with zero attached hydrogens (tertiary/aromatic N) is 5. The third kappa shape index (κ3) is 2.05. The lowest BCUT2D eigenvalue weighted by Gasteiger charge is -1.97. The van der Waals surface area contributed by atoms with Gasteiger partial charge in [-0.25, -0.2) is 4.98 Å². The molecule has 0 aliphatic rings. The van der Waals surface area contributed by atoms with E-state index in [1.165, 1.54) is 11.3 Å². The summed E-state index contributed by atoms with van der Waals surface area (Å²) >= 11 is 3.13. The molecule has 0 saturated carbocycles. The standard InChI is InChI=1S/C11H14N6S2/c1-5(2)9-14-15-11-17(9)16-10(19-11)8-6(3)13-7(4-12)18-8/h5H,4,12H2,1-3H3.